The zero-order valence-corrected chi connectivity index (χ0v) is 18.3. The van der Waals surface area contributed by atoms with E-state index in [1.165, 1.54) is 34.6 Å². The van der Waals surface area contributed by atoms with E-state index in [9.17, 15) is 12.8 Å². The van der Waals surface area contributed by atoms with Crippen molar-refractivity contribution in [1.29, 1.82) is 0 Å². The molecule has 1 atom stereocenters. The van der Waals surface area contributed by atoms with E-state index < -0.39 is 15.8 Å². The zero-order chi connectivity index (χ0) is 22.3. The molecule has 5 nitrogen and oxygen atoms in total. The number of hydrogen-bond acceptors (Lipinski definition) is 4. The Morgan fingerprint density at radius 1 is 0.969 bits per heavy atom. The number of sulfonamides is 1. The lowest BCUT2D eigenvalue weighted by Crippen LogP contribution is -2.26. The zero-order valence-electron chi connectivity index (χ0n) is 17.5. The molecular weight excluding hydrogens is 425 g/mol. The molecule has 3 aromatic carbocycles. The fraction of sp³-hybridized carbons (Fsp3) is 0.160. The SMILES string of the molecule is CN(c1cccc2nc(N[C@@H]3CCc4ccccc43)ccc12)S(=O)(=O)c1ccc(F)cc1. The van der Waals surface area contributed by atoms with Crippen molar-refractivity contribution >= 4 is 32.4 Å². The van der Waals surface area contributed by atoms with E-state index in [2.05, 4.69) is 29.6 Å². The molecule has 0 amide bonds. The fourth-order valence-electron chi connectivity index (χ4n) is 4.27. The fourth-order valence-corrected chi connectivity index (χ4v) is 5.49. The van der Waals surface area contributed by atoms with E-state index in [0.717, 1.165) is 36.2 Å². The van der Waals surface area contributed by atoms with E-state index in [0.29, 0.717) is 11.2 Å². The molecule has 0 fully saturated rings. The molecule has 4 aromatic rings. The van der Waals surface area contributed by atoms with Crippen molar-refractivity contribution in [1.82, 2.24) is 4.98 Å². The van der Waals surface area contributed by atoms with E-state index >= 15 is 0 Å². The maximum Gasteiger partial charge on any atom is 0.264 e. The Balaban J connectivity index is 1.46. The smallest absolute Gasteiger partial charge is 0.264 e. The average Bonchev–Trinajstić information content (AvgIpc) is 3.21. The van der Waals surface area contributed by atoms with Gasteiger partial charge in [0.25, 0.3) is 10.0 Å². The van der Waals surface area contributed by atoms with E-state index in [-0.39, 0.29) is 10.9 Å². The lowest BCUT2D eigenvalue weighted by atomic mass is 10.1. The predicted molar refractivity (Wildman–Crippen MR) is 125 cm³/mol. The molecule has 162 valence electrons. The molecule has 1 N–H and O–H groups in total. The Bertz CT molecular complexity index is 1400. The van der Waals surface area contributed by atoms with Crippen LogP contribution in [-0.2, 0) is 16.4 Å². The van der Waals surface area contributed by atoms with Gasteiger partial charge in [-0.3, -0.25) is 4.31 Å². The molecule has 1 aliphatic carbocycles. The summed E-state index contributed by atoms with van der Waals surface area (Å²) in [6.45, 7) is 0. The molecular formula is C25H22FN3O2S. The Morgan fingerprint density at radius 3 is 2.56 bits per heavy atom. The van der Waals surface area contributed by atoms with Crippen LogP contribution in [0.2, 0.25) is 0 Å². The molecule has 0 aliphatic heterocycles. The Hall–Kier alpha value is -3.45. The quantitative estimate of drug-likeness (QED) is 0.451. The summed E-state index contributed by atoms with van der Waals surface area (Å²) in [4.78, 5) is 4.77. The molecule has 0 bridgehead atoms. The maximum absolute atomic E-state index is 13.3. The van der Waals surface area contributed by atoms with Crippen molar-refractivity contribution in [3.8, 4) is 0 Å². The summed E-state index contributed by atoms with van der Waals surface area (Å²) in [7, 11) is -2.34. The van der Waals surface area contributed by atoms with Crippen LogP contribution in [0, 0.1) is 5.82 Å². The monoisotopic (exact) mass is 447 g/mol. The van der Waals surface area contributed by atoms with Crippen molar-refractivity contribution in [2.24, 2.45) is 0 Å². The number of halogens is 1. The lowest BCUT2D eigenvalue weighted by molar-refractivity contribution is 0.593. The summed E-state index contributed by atoms with van der Waals surface area (Å²) in [6.07, 6.45) is 2.05. The second-order valence-corrected chi connectivity index (χ2v) is 9.87. The first-order valence-electron chi connectivity index (χ1n) is 10.4. The molecule has 0 radical (unpaired) electrons. The molecule has 1 aliphatic rings. The van der Waals surface area contributed by atoms with E-state index in [1.54, 1.807) is 12.1 Å². The van der Waals surface area contributed by atoms with Crippen LogP contribution < -0.4 is 9.62 Å². The highest BCUT2D eigenvalue weighted by atomic mass is 32.2. The Morgan fingerprint density at radius 2 is 1.75 bits per heavy atom. The number of hydrogen-bond donors (Lipinski definition) is 1. The molecule has 32 heavy (non-hydrogen) atoms. The lowest BCUT2D eigenvalue weighted by Gasteiger charge is -2.21. The normalized spacial score (nSPS) is 15.5. The summed E-state index contributed by atoms with van der Waals surface area (Å²) >= 11 is 0. The summed E-state index contributed by atoms with van der Waals surface area (Å²) < 4.78 is 40.6. The highest BCUT2D eigenvalue weighted by Gasteiger charge is 2.24. The predicted octanol–water partition coefficient (Wildman–Crippen LogP) is 5.30. The maximum atomic E-state index is 13.3. The van der Waals surface area contributed by atoms with Gasteiger partial charge in [0.05, 0.1) is 22.1 Å². The van der Waals surface area contributed by atoms with Crippen molar-refractivity contribution in [3.63, 3.8) is 0 Å². The number of benzene rings is 3. The molecule has 5 rings (SSSR count). The molecule has 7 heteroatoms. The van der Waals surface area contributed by atoms with Gasteiger partial charge in [-0.2, -0.15) is 0 Å². The molecule has 0 saturated heterocycles. The van der Waals surface area contributed by atoms with Crippen LogP contribution in [0.25, 0.3) is 10.9 Å². The van der Waals surface area contributed by atoms with Gasteiger partial charge in [-0.25, -0.2) is 17.8 Å². The van der Waals surface area contributed by atoms with Crippen molar-refractivity contribution in [2.75, 3.05) is 16.7 Å². The third-order valence-electron chi connectivity index (χ3n) is 5.98. The first kappa shape index (κ1) is 20.5. The molecule has 1 aromatic heterocycles. The minimum absolute atomic E-state index is 0.0320. The van der Waals surface area contributed by atoms with Crippen LogP contribution in [-0.4, -0.2) is 20.4 Å². The standard InChI is InChI=1S/C25H22FN3O2S/c1-29(32(30,31)19-12-10-18(26)11-13-19)24-8-4-7-22-21(24)14-16-25(27-22)28-23-15-9-17-5-2-3-6-20(17)23/h2-8,10-14,16,23H,9,15H2,1H3,(H,27,28)/t23-/m1/s1. The largest absolute Gasteiger partial charge is 0.363 e. The van der Waals surface area contributed by atoms with Crippen LogP contribution in [0.3, 0.4) is 0 Å². The van der Waals surface area contributed by atoms with Gasteiger partial charge in [-0.1, -0.05) is 30.3 Å². The molecule has 0 spiro atoms. The van der Waals surface area contributed by atoms with Gasteiger partial charge in [-0.15, -0.1) is 0 Å². The number of anilines is 2. The third-order valence-corrected chi connectivity index (χ3v) is 7.76. The molecule has 0 unspecified atom stereocenters. The first-order valence-corrected chi connectivity index (χ1v) is 11.9. The van der Waals surface area contributed by atoms with Gasteiger partial charge >= 0.3 is 0 Å². The van der Waals surface area contributed by atoms with Crippen LogP contribution in [0.1, 0.15) is 23.6 Å². The van der Waals surface area contributed by atoms with Gasteiger partial charge in [0.2, 0.25) is 0 Å². The van der Waals surface area contributed by atoms with Crippen LogP contribution in [0.15, 0.2) is 83.8 Å². The van der Waals surface area contributed by atoms with Gasteiger partial charge in [0, 0.05) is 12.4 Å². The number of aromatic nitrogens is 1. The van der Waals surface area contributed by atoms with Crippen LogP contribution >= 0.6 is 0 Å². The van der Waals surface area contributed by atoms with Gasteiger partial charge in [-0.05, 0) is 72.5 Å². The Labute approximate surface area is 186 Å². The summed E-state index contributed by atoms with van der Waals surface area (Å²) in [5.74, 6) is 0.270. The van der Waals surface area contributed by atoms with Crippen LogP contribution in [0.4, 0.5) is 15.9 Å². The highest BCUT2D eigenvalue weighted by Crippen LogP contribution is 2.35. The van der Waals surface area contributed by atoms with Gasteiger partial charge in [0.1, 0.15) is 11.6 Å². The minimum atomic E-state index is -3.84. The summed E-state index contributed by atoms with van der Waals surface area (Å²) in [5, 5.41) is 4.24. The summed E-state index contributed by atoms with van der Waals surface area (Å²) in [5.41, 5.74) is 3.87. The summed E-state index contributed by atoms with van der Waals surface area (Å²) in [6, 6.07) is 22.6. The minimum Gasteiger partial charge on any atom is -0.363 e. The second kappa shape index (κ2) is 7.91. The average molecular weight is 448 g/mol. The number of nitrogens with zero attached hydrogens (tertiary/aromatic N) is 2. The number of nitrogens with one attached hydrogen (secondary N) is 1. The number of aryl methyl sites for hydroxylation is 1. The number of pyridine rings is 1. The van der Waals surface area contributed by atoms with Crippen molar-refractivity contribution in [3.05, 3.63) is 95.8 Å². The number of fused-ring (bicyclic) bond motifs is 2. The van der Waals surface area contributed by atoms with Crippen LogP contribution in [0.5, 0.6) is 0 Å². The molecule has 1 heterocycles. The van der Waals surface area contributed by atoms with Gasteiger partial charge in [0.15, 0.2) is 0 Å². The first-order chi connectivity index (χ1) is 15.4. The topological polar surface area (TPSA) is 62.3 Å². The molecule has 0 saturated carbocycles. The van der Waals surface area contributed by atoms with Gasteiger partial charge < -0.3 is 5.32 Å². The highest BCUT2D eigenvalue weighted by molar-refractivity contribution is 7.92. The van der Waals surface area contributed by atoms with E-state index in [1.807, 2.05) is 18.2 Å². The Kier molecular flexibility index (Phi) is 5.06. The van der Waals surface area contributed by atoms with Crippen molar-refractivity contribution < 1.29 is 12.8 Å². The second-order valence-electron chi connectivity index (χ2n) is 7.90. The van der Waals surface area contributed by atoms with E-state index in [4.69, 9.17) is 4.98 Å². The third kappa shape index (κ3) is 3.58. The number of rotatable bonds is 5. The van der Waals surface area contributed by atoms with Crippen molar-refractivity contribution in [2.45, 2.75) is 23.8 Å².